The van der Waals surface area contributed by atoms with E-state index in [-0.39, 0.29) is 18.3 Å². The quantitative estimate of drug-likeness (QED) is 0.792. The lowest BCUT2D eigenvalue weighted by Crippen LogP contribution is -2.23. The first kappa shape index (κ1) is 15.8. The fourth-order valence-corrected chi connectivity index (χ4v) is 3.41. The van der Waals surface area contributed by atoms with Gasteiger partial charge in [0, 0.05) is 30.6 Å². The number of hydrogen-bond donors (Lipinski definition) is 1. The lowest BCUT2D eigenvalue weighted by Gasteiger charge is -2.19. The van der Waals surface area contributed by atoms with Crippen LogP contribution in [-0.2, 0) is 19.5 Å². The highest BCUT2D eigenvalue weighted by Crippen LogP contribution is 2.25. The van der Waals surface area contributed by atoms with Crippen molar-refractivity contribution >= 4 is 16.9 Å². The fraction of sp³-hybridized carbons (Fsp3) is 0.300. The molecule has 0 saturated carbocycles. The van der Waals surface area contributed by atoms with Crippen LogP contribution in [0.4, 0.5) is 4.39 Å². The van der Waals surface area contributed by atoms with Gasteiger partial charge < -0.3 is 9.88 Å². The average molecular weight is 337 g/mol. The molecule has 0 aliphatic carbocycles. The third-order valence-corrected chi connectivity index (χ3v) is 4.86. The predicted octanol–water partition coefficient (Wildman–Crippen LogP) is 3.69. The van der Waals surface area contributed by atoms with Crippen LogP contribution in [0, 0.1) is 11.7 Å². The van der Waals surface area contributed by atoms with E-state index in [0.717, 1.165) is 36.2 Å². The number of rotatable bonds is 3. The molecule has 0 bridgehead atoms. The molecule has 0 radical (unpaired) electrons. The van der Waals surface area contributed by atoms with Crippen LogP contribution in [-0.4, -0.2) is 15.5 Å². The fourth-order valence-electron chi connectivity index (χ4n) is 3.41. The van der Waals surface area contributed by atoms with Crippen LogP contribution in [0.15, 0.2) is 42.5 Å². The summed E-state index contributed by atoms with van der Waals surface area (Å²) >= 11 is 0. The molecule has 2 aromatic carbocycles. The van der Waals surface area contributed by atoms with Crippen molar-refractivity contribution in [2.45, 2.75) is 32.9 Å². The Hall–Kier alpha value is -2.69. The molecule has 25 heavy (non-hydrogen) atoms. The largest absolute Gasteiger partial charge is 0.348 e. The normalized spacial score (nSPS) is 16.6. The van der Waals surface area contributed by atoms with Crippen molar-refractivity contribution in [3.8, 4) is 0 Å². The van der Waals surface area contributed by atoms with E-state index in [9.17, 15) is 9.18 Å². The van der Waals surface area contributed by atoms with Gasteiger partial charge >= 0.3 is 0 Å². The zero-order chi connectivity index (χ0) is 17.4. The van der Waals surface area contributed by atoms with Crippen molar-refractivity contribution in [1.82, 2.24) is 14.9 Å². The van der Waals surface area contributed by atoms with Gasteiger partial charge in [0.1, 0.15) is 11.6 Å². The molecule has 1 atom stereocenters. The molecule has 4 nitrogen and oxygen atoms in total. The Bertz CT molecular complexity index is 947. The van der Waals surface area contributed by atoms with E-state index in [1.165, 1.54) is 6.07 Å². The molecule has 1 N–H and O–H groups in total. The van der Waals surface area contributed by atoms with Gasteiger partial charge in [0.15, 0.2) is 0 Å². The maximum Gasteiger partial charge on any atom is 0.251 e. The van der Waals surface area contributed by atoms with Crippen LogP contribution in [0.5, 0.6) is 0 Å². The Morgan fingerprint density at radius 3 is 3.00 bits per heavy atom. The lowest BCUT2D eigenvalue weighted by atomic mass is 10.0. The summed E-state index contributed by atoms with van der Waals surface area (Å²) in [6.45, 7) is 3.39. The number of nitrogens with zero attached hydrogens (tertiary/aromatic N) is 2. The Balaban J connectivity index is 1.55. The van der Waals surface area contributed by atoms with Crippen LogP contribution in [0.3, 0.4) is 0 Å². The Morgan fingerprint density at radius 2 is 2.16 bits per heavy atom. The van der Waals surface area contributed by atoms with E-state index in [4.69, 9.17) is 4.98 Å². The van der Waals surface area contributed by atoms with Gasteiger partial charge in [-0.3, -0.25) is 4.79 Å². The van der Waals surface area contributed by atoms with E-state index in [0.29, 0.717) is 17.0 Å². The molecule has 5 heteroatoms. The van der Waals surface area contributed by atoms with E-state index in [1.54, 1.807) is 18.2 Å². The number of nitrogens with one attached hydrogen (secondary N) is 1. The van der Waals surface area contributed by atoms with Gasteiger partial charge in [-0.15, -0.1) is 0 Å². The summed E-state index contributed by atoms with van der Waals surface area (Å²) in [6.07, 6.45) is 2.13. The van der Waals surface area contributed by atoms with E-state index < -0.39 is 0 Å². The second-order valence-electron chi connectivity index (χ2n) is 6.76. The second kappa shape index (κ2) is 6.31. The van der Waals surface area contributed by atoms with Crippen LogP contribution >= 0.6 is 0 Å². The van der Waals surface area contributed by atoms with E-state index >= 15 is 0 Å². The van der Waals surface area contributed by atoms with Crippen LogP contribution < -0.4 is 5.32 Å². The summed E-state index contributed by atoms with van der Waals surface area (Å²) < 4.78 is 15.9. The minimum Gasteiger partial charge on any atom is -0.348 e. The Morgan fingerprint density at radius 1 is 1.32 bits per heavy atom. The molecule has 2 heterocycles. The minimum atomic E-state index is -0.311. The topological polar surface area (TPSA) is 46.9 Å². The number of imidazole rings is 1. The molecule has 0 fully saturated rings. The van der Waals surface area contributed by atoms with Gasteiger partial charge in [0.05, 0.1) is 11.0 Å². The maximum atomic E-state index is 13.6. The SMILES string of the molecule is CC1CCn2c(nc3cc(C(=O)NCc4ccccc4F)ccc32)C1. The minimum absolute atomic E-state index is 0.167. The number of carbonyl (C=O) groups is 1. The van der Waals surface area contributed by atoms with Crippen LogP contribution in [0.2, 0.25) is 0 Å². The van der Waals surface area contributed by atoms with Crippen molar-refractivity contribution in [1.29, 1.82) is 0 Å². The molecule has 1 aliphatic heterocycles. The first-order valence-corrected chi connectivity index (χ1v) is 8.62. The van der Waals surface area contributed by atoms with Gasteiger partial charge in [-0.05, 0) is 36.6 Å². The zero-order valence-electron chi connectivity index (χ0n) is 14.1. The first-order valence-electron chi connectivity index (χ1n) is 8.62. The summed E-state index contributed by atoms with van der Waals surface area (Å²) in [5.41, 5.74) is 2.95. The number of benzene rings is 2. The number of amides is 1. The number of hydrogen-bond acceptors (Lipinski definition) is 2. The predicted molar refractivity (Wildman–Crippen MR) is 94.8 cm³/mol. The summed E-state index contributed by atoms with van der Waals surface area (Å²) in [5, 5.41) is 2.78. The average Bonchev–Trinajstić information content (AvgIpc) is 2.97. The second-order valence-corrected chi connectivity index (χ2v) is 6.76. The van der Waals surface area contributed by atoms with E-state index in [2.05, 4.69) is 16.8 Å². The molecule has 3 aromatic rings. The molecular formula is C20H20FN3O. The maximum absolute atomic E-state index is 13.6. The number of aryl methyl sites for hydroxylation is 1. The van der Waals surface area contributed by atoms with Crippen molar-refractivity contribution in [2.24, 2.45) is 5.92 Å². The summed E-state index contributed by atoms with van der Waals surface area (Å²) in [5.74, 6) is 1.21. The standard InChI is InChI=1S/C20H20FN3O/c1-13-8-9-24-18-7-6-14(11-17(18)23-19(24)10-13)20(25)22-12-15-4-2-3-5-16(15)21/h2-7,11,13H,8-10,12H2,1H3,(H,22,25). The molecule has 1 aliphatic rings. The number of aromatic nitrogens is 2. The number of fused-ring (bicyclic) bond motifs is 3. The molecule has 0 spiro atoms. The Labute approximate surface area is 145 Å². The number of carbonyl (C=O) groups excluding carboxylic acids is 1. The van der Waals surface area contributed by atoms with Crippen molar-refractivity contribution in [3.05, 3.63) is 65.2 Å². The van der Waals surface area contributed by atoms with Crippen molar-refractivity contribution in [3.63, 3.8) is 0 Å². The molecule has 0 saturated heterocycles. The highest BCUT2D eigenvalue weighted by molar-refractivity contribution is 5.97. The summed E-state index contributed by atoms with van der Waals surface area (Å²) in [6, 6.07) is 12.0. The van der Waals surface area contributed by atoms with Crippen molar-refractivity contribution < 1.29 is 9.18 Å². The van der Waals surface area contributed by atoms with Gasteiger partial charge in [0.25, 0.3) is 5.91 Å². The highest BCUT2D eigenvalue weighted by atomic mass is 19.1. The first-order chi connectivity index (χ1) is 12.1. The van der Waals surface area contributed by atoms with Crippen molar-refractivity contribution in [2.75, 3.05) is 0 Å². The third kappa shape index (κ3) is 3.02. The zero-order valence-corrected chi connectivity index (χ0v) is 14.1. The van der Waals surface area contributed by atoms with Crippen LogP contribution in [0.1, 0.15) is 35.1 Å². The van der Waals surface area contributed by atoms with Gasteiger partial charge in [0.2, 0.25) is 0 Å². The van der Waals surface area contributed by atoms with Gasteiger partial charge in [-0.2, -0.15) is 0 Å². The summed E-state index contributed by atoms with van der Waals surface area (Å²) in [4.78, 5) is 17.1. The molecule has 1 aromatic heterocycles. The Kier molecular flexibility index (Phi) is 3.99. The van der Waals surface area contributed by atoms with E-state index in [1.807, 2.05) is 18.2 Å². The third-order valence-electron chi connectivity index (χ3n) is 4.86. The molecular weight excluding hydrogens is 317 g/mol. The summed E-state index contributed by atoms with van der Waals surface area (Å²) in [7, 11) is 0. The number of halogens is 1. The van der Waals surface area contributed by atoms with Gasteiger partial charge in [-0.1, -0.05) is 25.1 Å². The molecule has 1 amide bonds. The van der Waals surface area contributed by atoms with Crippen LogP contribution in [0.25, 0.3) is 11.0 Å². The molecule has 4 rings (SSSR count). The monoisotopic (exact) mass is 337 g/mol. The lowest BCUT2D eigenvalue weighted by molar-refractivity contribution is 0.0950. The molecule has 1 unspecified atom stereocenters. The highest BCUT2D eigenvalue weighted by Gasteiger charge is 2.19. The molecule has 128 valence electrons. The smallest absolute Gasteiger partial charge is 0.251 e. The van der Waals surface area contributed by atoms with Gasteiger partial charge in [-0.25, -0.2) is 9.37 Å².